The quantitative estimate of drug-likeness (QED) is 0.804. The maximum atomic E-state index is 12.9. The Balaban J connectivity index is 1.47. The zero-order valence-electron chi connectivity index (χ0n) is 16.4. The zero-order chi connectivity index (χ0) is 18.7. The van der Waals surface area contributed by atoms with Crippen molar-refractivity contribution >= 4 is 5.91 Å². The Hall–Kier alpha value is -1.43. The van der Waals surface area contributed by atoms with Crippen LogP contribution in [0.15, 0.2) is 30.3 Å². The molecule has 144 valence electrons. The van der Waals surface area contributed by atoms with Crippen molar-refractivity contribution in [3.8, 4) is 0 Å². The van der Waals surface area contributed by atoms with Gasteiger partial charge in [-0.1, -0.05) is 37.3 Å². The highest BCUT2D eigenvalue weighted by atomic mass is 16.3. The van der Waals surface area contributed by atoms with Crippen molar-refractivity contribution in [2.24, 2.45) is 5.41 Å². The molecule has 3 rings (SSSR count). The van der Waals surface area contributed by atoms with Crippen molar-refractivity contribution in [3.05, 3.63) is 35.9 Å². The van der Waals surface area contributed by atoms with Gasteiger partial charge in [0.15, 0.2) is 0 Å². The molecule has 1 aliphatic carbocycles. The third-order valence-corrected chi connectivity index (χ3v) is 5.93. The Bertz CT molecular complexity index is 593. The SMILES string of the molecule is CC(c1ccccc1)C(O)CN1CCN(C(=O)C2(CN(C)C)CC2)CC1. The van der Waals surface area contributed by atoms with Crippen LogP contribution in [0, 0.1) is 5.41 Å². The second-order valence-electron chi connectivity index (χ2n) is 8.38. The van der Waals surface area contributed by atoms with Gasteiger partial charge in [0.25, 0.3) is 0 Å². The topological polar surface area (TPSA) is 47.0 Å². The van der Waals surface area contributed by atoms with Gasteiger partial charge in [0.05, 0.1) is 11.5 Å². The number of rotatable bonds is 7. The summed E-state index contributed by atoms with van der Waals surface area (Å²) in [7, 11) is 4.08. The minimum Gasteiger partial charge on any atom is -0.391 e. The summed E-state index contributed by atoms with van der Waals surface area (Å²) >= 11 is 0. The van der Waals surface area contributed by atoms with E-state index in [0.29, 0.717) is 12.5 Å². The first-order valence-electron chi connectivity index (χ1n) is 9.81. The van der Waals surface area contributed by atoms with Gasteiger partial charge in [0.1, 0.15) is 0 Å². The fourth-order valence-electron chi connectivity index (χ4n) is 4.07. The Labute approximate surface area is 157 Å². The molecule has 0 bridgehead atoms. The van der Waals surface area contributed by atoms with Crippen molar-refractivity contribution < 1.29 is 9.90 Å². The van der Waals surface area contributed by atoms with Gasteiger partial charge < -0.3 is 14.9 Å². The number of aliphatic hydroxyl groups excluding tert-OH is 1. The molecule has 1 saturated heterocycles. The van der Waals surface area contributed by atoms with Gasteiger partial charge >= 0.3 is 0 Å². The fraction of sp³-hybridized carbons (Fsp3) is 0.667. The molecule has 0 aromatic heterocycles. The lowest BCUT2D eigenvalue weighted by molar-refractivity contribution is -0.139. The maximum absolute atomic E-state index is 12.9. The van der Waals surface area contributed by atoms with E-state index in [4.69, 9.17) is 0 Å². The first kappa shape index (κ1) is 19.3. The summed E-state index contributed by atoms with van der Waals surface area (Å²) in [6.45, 7) is 6.86. The van der Waals surface area contributed by atoms with Crippen molar-refractivity contribution in [3.63, 3.8) is 0 Å². The minimum atomic E-state index is -0.386. The van der Waals surface area contributed by atoms with Crippen LogP contribution in [-0.4, -0.2) is 85.2 Å². The molecule has 1 heterocycles. The number of piperazine rings is 1. The lowest BCUT2D eigenvalue weighted by Crippen LogP contribution is -2.53. The standard InChI is InChI=1S/C21H33N3O2/c1-17(18-7-5-4-6-8-18)19(25)15-23-11-13-24(14-12-23)20(26)21(9-10-21)16-22(2)3/h4-8,17,19,25H,9-16H2,1-3H3. The van der Waals surface area contributed by atoms with E-state index in [2.05, 4.69) is 28.9 Å². The van der Waals surface area contributed by atoms with Crippen LogP contribution in [0.25, 0.3) is 0 Å². The molecule has 5 heteroatoms. The molecule has 1 saturated carbocycles. The number of hydrogen-bond donors (Lipinski definition) is 1. The summed E-state index contributed by atoms with van der Waals surface area (Å²) in [6, 6.07) is 10.2. The molecule has 2 atom stereocenters. The molecule has 1 N–H and O–H groups in total. The zero-order valence-corrected chi connectivity index (χ0v) is 16.4. The van der Waals surface area contributed by atoms with E-state index in [0.717, 1.165) is 45.6 Å². The number of amides is 1. The van der Waals surface area contributed by atoms with Gasteiger partial charge in [-0.3, -0.25) is 9.69 Å². The summed E-state index contributed by atoms with van der Waals surface area (Å²) in [5.41, 5.74) is 1.06. The van der Waals surface area contributed by atoms with Gasteiger partial charge in [-0.05, 0) is 32.5 Å². The maximum Gasteiger partial charge on any atom is 0.230 e. The number of nitrogens with zero attached hydrogens (tertiary/aromatic N) is 3. The first-order valence-corrected chi connectivity index (χ1v) is 9.81. The molecule has 0 radical (unpaired) electrons. The van der Waals surface area contributed by atoms with Crippen LogP contribution < -0.4 is 0 Å². The lowest BCUT2D eigenvalue weighted by Gasteiger charge is -2.38. The smallest absolute Gasteiger partial charge is 0.230 e. The summed E-state index contributed by atoms with van der Waals surface area (Å²) in [4.78, 5) is 19.3. The predicted octanol–water partition coefficient (Wildman–Crippen LogP) is 1.64. The van der Waals surface area contributed by atoms with Gasteiger partial charge in [0, 0.05) is 45.2 Å². The minimum absolute atomic E-state index is 0.116. The molecule has 1 amide bonds. The van der Waals surface area contributed by atoms with E-state index in [9.17, 15) is 9.90 Å². The Morgan fingerprint density at radius 3 is 2.31 bits per heavy atom. The van der Waals surface area contributed by atoms with Gasteiger partial charge in [-0.25, -0.2) is 0 Å². The molecular formula is C21H33N3O2. The average Bonchev–Trinajstić information content (AvgIpc) is 3.41. The van der Waals surface area contributed by atoms with Crippen LogP contribution in [-0.2, 0) is 4.79 Å². The Morgan fingerprint density at radius 2 is 1.77 bits per heavy atom. The summed E-state index contributed by atoms with van der Waals surface area (Å²) in [5.74, 6) is 0.453. The molecule has 0 spiro atoms. The number of aliphatic hydroxyl groups is 1. The molecule has 2 aliphatic rings. The number of benzene rings is 1. The van der Waals surface area contributed by atoms with Crippen LogP contribution in [0.5, 0.6) is 0 Å². The molecule has 26 heavy (non-hydrogen) atoms. The molecule has 2 unspecified atom stereocenters. The second-order valence-corrected chi connectivity index (χ2v) is 8.38. The number of hydrogen-bond acceptors (Lipinski definition) is 4. The first-order chi connectivity index (χ1) is 12.4. The normalized spacial score (nSPS) is 22.3. The van der Waals surface area contributed by atoms with Gasteiger partial charge in [-0.2, -0.15) is 0 Å². The number of carbonyl (C=O) groups excluding carboxylic acids is 1. The highest BCUT2D eigenvalue weighted by Crippen LogP contribution is 2.47. The van der Waals surface area contributed by atoms with Crippen LogP contribution in [0.3, 0.4) is 0 Å². The number of carbonyl (C=O) groups is 1. The third-order valence-electron chi connectivity index (χ3n) is 5.93. The Morgan fingerprint density at radius 1 is 1.15 bits per heavy atom. The van der Waals surface area contributed by atoms with Gasteiger partial charge in [0.2, 0.25) is 5.91 Å². The highest BCUT2D eigenvalue weighted by molar-refractivity contribution is 5.85. The molecular weight excluding hydrogens is 326 g/mol. The highest BCUT2D eigenvalue weighted by Gasteiger charge is 2.52. The monoisotopic (exact) mass is 359 g/mol. The van der Waals surface area contributed by atoms with E-state index >= 15 is 0 Å². The lowest BCUT2D eigenvalue weighted by atomic mass is 9.95. The van der Waals surface area contributed by atoms with Crippen molar-refractivity contribution in [1.82, 2.24) is 14.7 Å². The van der Waals surface area contributed by atoms with Crippen LogP contribution in [0.4, 0.5) is 0 Å². The molecule has 5 nitrogen and oxygen atoms in total. The summed E-state index contributed by atoms with van der Waals surface area (Å²) < 4.78 is 0. The number of β-amino-alcohol motifs (C(OH)–C–C–N with tert-alkyl or cyclic N) is 1. The molecule has 1 aromatic carbocycles. The van der Waals surface area contributed by atoms with Gasteiger partial charge in [-0.15, -0.1) is 0 Å². The largest absolute Gasteiger partial charge is 0.391 e. The van der Waals surface area contributed by atoms with E-state index in [-0.39, 0.29) is 17.4 Å². The summed E-state index contributed by atoms with van der Waals surface area (Å²) in [5, 5.41) is 10.6. The Kier molecular flexibility index (Phi) is 6.00. The van der Waals surface area contributed by atoms with E-state index in [1.807, 2.05) is 37.2 Å². The fourth-order valence-corrected chi connectivity index (χ4v) is 4.07. The molecule has 2 fully saturated rings. The second kappa shape index (κ2) is 8.07. The van der Waals surface area contributed by atoms with E-state index in [1.165, 1.54) is 5.56 Å². The predicted molar refractivity (Wildman–Crippen MR) is 104 cm³/mol. The average molecular weight is 360 g/mol. The van der Waals surface area contributed by atoms with Crippen LogP contribution in [0.2, 0.25) is 0 Å². The van der Waals surface area contributed by atoms with E-state index < -0.39 is 0 Å². The van der Waals surface area contributed by atoms with Crippen LogP contribution in [0.1, 0.15) is 31.2 Å². The van der Waals surface area contributed by atoms with Crippen LogP contribution >= 0.6 is 0 Å². The van der Waals surface area contributed by atoms with Crippen molar-refractivity contribution in [2.45, 2.75) is 31.8 Å². The molecule has 1 aliphatic heterocycles. The van der Waals surface area contributed by atoms with Crippen molar-refractivity contribution in [1.29, 1.82) is 0 Å². The third kappa shape index (κ3) is 4.45. The van der Waals surface area contributed by atoms with E-state index in [1.54, 1.807) is 0 Å². The summed E-state index contributed by atoms with van der Waals surface area (Å²) in [6.07, 6.45) is 1.66. The van der Waals surface area contributed by atoms with Crippen molar-refractivity contribution in [2.75, 3.05) is 53.4 Å². The molecule has 1 aromatic rings.